The van der Waals surface area contributed by atoms with E-state index in [0.29, 0.717) is 5.56 Å². The predicted molar refractivity (Wildman–Crippen MR) is 106 cm³/mol. The maximum Gasteiger partial charge on any atom is 0.329 e. The fourth-order valence-corrected chi connectivity index (χ4v) is 2.43. The molecule has 3 amide bonds. The molecule has 0 aliphatic carbocycles. The third-order valence-corrected chi connectivity index (χ3v) is 3.98. The molecule has 0 saturated carbocycles. The zero-order valence-corrected chi connectivity index (χ0v) is 16.0. The zero-order valence-electron chi connectivity index (χ0n) is 16.0. The van der Waals surface area contributed by atoms with Crippen LogP contribution in [0.3, 0.4) is 0 Å². The molecule has 1 atom stereocenters. The van der Waals surface area contributed by atoms with Gasteiger partial charge in [0.2, 0.25) is 5.91 Å². The molecule has 2 aromatic carbocycles. The van der Waals surface area contributed by atoms with Crippen LogP contribution in [-0.4, -0.2) is 49.9 Å². The number of rotatable bonds is 9. The molecular weight excluding hydrogens is 374 g/mol. The molecule has 8 nitrogen and oxygen atoms in total. The summed E-state index contributed by atoms with van der Waals surface area (Å²) in [5.74, 6) is -2.16. The van der Waals surface area contributed by atoms with E-state index in [1.807, 2.05) is 30.3 Å². The fourth-order valence-electron chi connectivity index (χ4n) is 2.43. The largest absolute Gasteiger partial charge is 0.454 e. The highest BCUT2D eigenvalue weighted by atomic mass is 16.5. The van der Waals surface area contributed by atoms with Crippen molar-refractivity contribution in [1.29, 1.82) is 0 Å². The summed E-state index contributed by atoms with van der Waals surface area (Å²) in [5.41, 5.74) is 1.23. The Morgan fingerprint density at radius 3 is 2.14 bits per heavy atom. The number of hydrogen-bond acceptors (Lipinski definition) is 5. The molecule has 29 heavy (non-hydrogen) atoms. The van der Waals surface area contributed by atoms with Crippen LogP contribution in [0.15, 0.2) is 60.7 Å². The Morgan fingerprint density at radius 2 is 1.52 bits per heavy atom. The minimum Gasteiger partial charge on any atom is -0.454 e. The van der Waals surface area contributed by atoms with E-state index in [9.17, 15) is 19.2 Å². The number of nitrogens with one attached hydrogen (secondary N) is 3. The Labute approximate surface area is 168 Å². The zero-order chi connectivity index (χ0) is 21.1. The van der Waals surface area contributed by atoms with Crippen molar-refractivity contribution < 1.29 is 23.9 Å². The van der Waals surface area contributed by atoms with Crippen molar-refractivity contribution >= 4 is 23.7 Å². The maximum atomic E-state index is 12.5. The van der Waals surface area contributed by atoms with E-state index in [1.165, 1.54) is 7.05 Å². The van der Waals surface area contributed by atoms with Gasteiger partial charge in [0.25, 0.3) is 11.8 Å². The monoisotopic (exact) mass is 397 g/mol. The average molecular weight is 397 g/mol. The number of carbonyl (C=O) groups excluding carboxylic acids is 4. The van der Waals surface area contributed by atoms with Gasteiger partial charge in [-0.05, 0) is 17.7 Å². The predicted octanol–water partition coefficient (Wildman–Crippen LogP) is 0.433. The SMILES string of the molecule is CNC(=O)CNC(=O)COC(=O)[C@H](Cc1ccccc1)NC(=O)c1ccccc1. The Kier molecular flexibility index (Phi) is 8.37. The van der Waals surface area contributed by atoms with Crippen LogP contribution in [0.2, 0.25) is 0 Å². The molecule has 0 bridgehead atoms. The first kappa shape index (κ1) is 21.6. The van der Waals surface area contributed by atoms with E-state index in [-0.39, 0.29) is 18.9 Å². The number of likely N-dealkylation sites (N-methyl/N-ethyl adjacent to an activating group) is 1. The van der Waals surface area contributed by atoms with Crippen molar-refractivity contribution in [2.75, 3.05) is 20.2 Å². The lowest BCUT2D eigenvalue weighted by Crippen LogP contribution is -2.44. The van der Waals surface area contributed by atoms with Gasteiger partial charge in [-0.25, -0.2) is 4.79 Å². The highest BCUT2D eigenvalue weighted by Crippen LogP contribution is 2.07. The summed E-state index contributed by atoms with van der Waals surface area (Å²) in [4.78, 5) is 47.9. The first-order valence-electron chi connectivity index (χ1n) is 9.03. The van der Waals surface area contributed by atoms with E-state index in [4.69, 9.17) is 4.74 Å². The molecular formula is C21H23N3O5. The van der Waals surface area contributed by atoms with Gasteiger partial charge in [-0.2, -0.15) is 0 Å². The molecule has 0 heterocycles. The van der Waals surface area contributed by atoms with Crippen molar-refractivity contribution in [1.82, 2.24) is 16.0 Å². The Hall–Kier alpha value is -3.68. The second-order valence-corrected chi connectivity index (χ2v) is 6.14. The Balaban J connectivity index is 2.00. The molecule has 8 heteroatoms. The van der Waals surface area contributed by atoms with Crippen LogP contribution in [0.1, 0.15) is 15.9 Å². The van der Waals surface area contributed by atoms with Gasteiger partial charge in [-0.15, -0.1) is 0 Å². The van der Waals surface area contributed by atoms with Gasteiger partial charge in [0.1, 0.15) is 6.04 Å². The highest BCUT2D eigenvalue weighted by Gasteiger charge is 2.24. The van der Waals surface area contributed by atoms with Gasteiger partial charge < -0.3 is 20.7 Å². The van der Waals surface area contributed by atoms with E-state index in [0.717, 1.165) is 5.56 Å². The quantitative estimate of drug-likeness (QED) is 0.531. The maximum absolute atomic E-state index is 12.5. The number of esters is 1. The molecule has 0 fully saturated rings. The number of ether oxygens (including phenoxy) is 1. The van der Waals surface area contributed by atoms with Crippen LogP contribution in [0.4, 0.5) is 0 Å². The van der Waals surface area contributed by atoms with Gasteiger partial charge in [0.05, 0.1) is 6.54 Å². The number of carbonyl (C=O) groups is 4. The molecule has 2 rings (SSSR count). The summed E-state index contributed by atoms with van der Waals surface area (Å²) < 4.78 is 5.04. The van der Waals surface area contributed by atoms with E-state index >= 15 is 0 Å². The fraction of sp³-hybridized carbons (Fsp3) is 0.238. The van der Waals surface area contributed by atoms with Crippen LogP contribution in [-0.2, 0) is 25.5 Å². The topological polar surface area (TPSA) is 114 Å². The van der Waals surface area contributed by atoms with E-state index in [1.54, 1.807) is 30.3 Å². The molecule has 0 saturated heterocycles. The lowest BCUT2D eigenvalue weighted by molar-refractivity contribution is -0.150. The standard InChI is InChI=1S/C21H23N3O5/c1-22-18(25)13-23-19(26)14-29-21(28)17(12-15-8-4-2-5-9-15)24-20(27)16-10-6-3-7-11-16/h2-11,17H,12-14H2,1H3,(H,22,25)(H,23,26)(H,24,27)/t17-/m0/s1. The molecule has 152 valence electrons. The summed E-state index contributed by atoms with van der Waals surface area (Å²) >= 11 is 0. The minimum absolute atomic E-state index is 0.206. The Morgan fingerprint density at radius 1 is 0.897 bits per heavy atom. The van der Waals surface area contributed by atoms with Crippen LogP contribution in [0.5, 0.6) is 0 Å². The van der Waals surface area contributed by atoms with Crippen LogP contribution < -0.4 is 16.0 Å². The van der Waals surface area contributed by atoms with Gasteiger partial charge in [-0.3, -0.25) is 14.4 Å². The summed E-state index contributed by atoms with van der Waals surface area (Å²) in [6.07, 6.45) is 0.206. The third kappa shape index (κ3) is 7.45. The summed E-state index contributed by atoms with van der Waals surface area (Å²) in [7, 11) is 1.44. The molecule has 0 radical (unpaired) electrons. The second-order valence-electron chi connectivity index (χ2n) is 6.14. The first-order valence-corrected chi connectivity index (χ1v) is 9.03. The average Bonchev–Trinajstić information content (AvgIpc) is 2.76. The molecule has 0 unspecified atom stereocenters. The second kappa shape index (κ2) is 11.2. The normalized spacial score (nSPS) is 11.1. The lowest BCUT2D eigenvalue weighted by Gasteiger charge is -2.18. The van der Waals surface area contributed by atoms with Crippen LogP contribution in [0.25, 0.3) is 0 Å². The minimum atomic E-state index is -0.975. The summed E-state index contributed by atoms with van der Waals surface area (Å²) in [5, 5.41) is 7.34. The number of benzene rings is 2. The molecule has 0 aliphatic heterocycles. The number of amides is 3. The van der Waals surface area contributed by atoms with E-state index in [2.05, 4.69) is 16.0 Å². The lowest BCUT2D eigenvalue weighted by atomic mass is 10.1. The van der Waals surface area contributed by atoms with Crippen molar-refractivity contribution in [2.24, 2.45) is 0 Å². The molecule has 0 aromatic heterocycles. The van der Waals surface area contributed by atoms with Gasteiger partial charge in [-0.1, -0.05) is 48.5 Å². The third-order valence-electron chi connectivity index (χ3n) is 3.98. The van der Waals surface area contributed by atoms with Crippen molar-refractivity contribution in [3.05, 3.63) is 71.8 Å². The van der Waals surface area contributed by atoms with Crippen molar-refractivity contribution in [3.8, 4) is 0 Å². The first-order chi connectivity index (χ1) is 14.0. The molecule has 0 spiro atoms. The number of hydrogen-bond donors (Lipinski definition) is 3. The molecule has 2 aromatic rings. The van der Waals surface area contributed by atoms with E-state index < -0.39 is 30.4 Å². The highest BCUT2D eigenvalue weighted by molar-refractivity contribution is 5.97. The smallest absolute Gasteiger partial charge is 0.329 e. The van der Waals surface area contributed by atoms with Crippen LogP contribution >= 0.6 is 0 Å². The summed E-state index contributed by atoms with van der Waals surface area (Å²) in [6, 6.07) is 16.6. The van der Waals surface area contributed by atoms with Gasteiger partial charge in [0.15, 0.2) is 6.61 Å². The van der Waals surface area contributed by atoms with Gasteiger partial charge in [0, 0.05) is 19.0 Å². The van der Waals surface area contributed by atoms with Crippen LogP contribution in [0, 0.1) is 0 Å². The molecule has 0 aliphatic rings. The van der Waals surface area contributed by atoms with Crippen molar-refractivity contribution in [3.63, 3.8) is 0 Å². The van der Waals surface area contributed by atoms with Gasteiger partial charge >= 0.3 is 5.97 Å². The molecule has 3 N–H and O–H groups in total. The van der Waals surface area contributed by atoms with Crippen molar-refractivity contribution in [2.45, 2.75) is 12.5 Å². The summed E-state index contributed by atoms with van der Waals surface area (Å²) in [6.45, 7) is -0.770. The Bertz CT molecular complexity index is 840.